The highest BCUT2D eigenvalue weighted by molar-refractivity contribution is 5.54. The number of nitrogens with zero attached hydrogens (tertiary/aromatic N) is 1. The van der Waals surface area contributed by atoms with Crippen LogP contribution in [0.15, 0.2) is 24.3 Å². The van der Waals surface area contributed by atoms with Crippen molar-refractivity contribution in [1.82, 2.24) is 5.32 Å². The first-order valence-corrected chi connectivity index (χ1v) is 8.56. The van der Waals surface area contributed by atoms with Crippen molar-refractivity contribution in [3.8, 4) is 0 Å². The van der Waals surface area contributed by atoms with Gasteiger partial charge in [0.05, 0.1) is 0 Å². The van der Waals surface area contributed by atoms with Crippen molar-refractivity contribution in [2.45, 2.75) is 53.5 Å². The molecule has 2 heteroatoms. The van der Waals surface area contributed by atoms with Gasteiger partial charge >= 0.3 is 0 Å². The van der Waals surface area contributed by atoms with Crippen molar-refractivity contribution in [1.29, 1.82) is 0 Å². The Morgan fingerprint density at radius 2 is 1.81 bits per heavy atom. The third kappa shape index (κ3) is 4.47. The van der Waals surface area contributed by atoms with Gasteiger partial charge in [-0.15, -0.1) is 0 Å². The van der Waals surface area contributed by atoms with E-state index in [1.54, 1.807) is 0 Å². The Labute approximate surface area is 130 Å². The largest absolute Gasteiger partial charge is 0.371 e. The minimum Gasteiger partial charge on any atom is -0.371 e. The van der Waals surface area contributed by atoms with Gasteiger partial charge in [-0.3, -0.25) is 0 Å². The van der Waals surface area contributed by atoms with Crippen LogP contribution in [0.4, 0.5) is 5.69 Å². The second-order valence-corrected chi connectivity index (χ2v) is 7.43. The van der Waals surface area contributed by atoms with Gasteiger partial charge in [0.15, 0.2) is 0 Å². The fraction of sp³-hybridized carbons (Fsp3) is 0.684. The quantitative estimate of drug-likeness (QED) is 0.805. The summed E-state index contributed by atoms with van der Waals surface area (Å²) in [7, 11) is 0. The maximum Gasteiger partial charge on any atom is 0.0411 e. The summed E-state index contributed by atoms with van der Waals surface area (Å²) in [6.45, 7) is 13.9. The summed E-state index contributed by atoms with van der Waals surface area (Å²) in [4.78, 5) is 2.59. The number of piperidine rings is 1. The van der Waals surface area contributed by atoms with E-state index in [0.717, 1.165) is 19.0 Å². The average Bonchev–Trinajstić information content (AvgIpc) is 2.47. The lowest BCUT2D eigenvalue weighted by Crippen LogP contribution is -2.38. The van der Waals surface area contributed by atoms with E-state index < -0.39 is 0 Å². The zero-order valence-corrected chi connectivity index (χ0v) is 14.3. The number of para-hydroxylation sites is 1. The minimum absolute atomic E-state index is 0.453. The van der Waals surface area contributed by atoms with Crippen LogP contribution >= 0.6 is 0 Å². The van der Waals surface area contributed by atoms with E-state index in [4.69, 9.17) is 0 Å². The molecule has 0 amide bonds. The zero-order valence-electron chi connectivity index (χ0n) is 14.3. The van der Waals surface area contributed by atoms with Crippen LogP contribution in [0.5, 0.6) is 0 Å². The Kier molecular flexibility index (Phi) is 5.69. The smallest absolute Gasteiger partial charge is 0.0411 e. The van der Waals surface area contributed by atoms with E-state index in [1.807, 2.05) is 0 Å². The van der Waals surface area contributed by atoms with E-state index in [9.17, 15) is 0 Å². The summed E-state index contributed by atoms with van der Waals surface area (Å²) in [5, 5.41) is 3.54. The molecule has 0 aromatic heterocycles. The monoisotopic (exact) mass is 288 g/mol. The summed E-state index contributed by atoms with van der Waals surface area (Å²) >= 11 is 0. The van der Waals surface area contributed by atoms with Crippen LogP contribution in [-0.2, 0) is 6.54 Å². The highest BCUT2D eigenvalue weighted by Crippen LogP contribution is 2.36. The first-order valence-electron chi connectivity index (χ1n) is 8.56. The molecule has 2 rings (SSSR count). The number of anilines is 1. The Bertz CT molecular complexity index is 425. The summed E-state index contributed by atoms with van der Waals surface area (Å²) in [5.41, 5.74) is 3.34. The molecule has 1 aliphatic rings. The van der Waals surface area contributed by atoms with Crippen LogP contribution in [0.2, 0.25) is 0 Å². The molecule has 1 saturated heterocycles. The first kappa shape index (κ1) is 16.4. The summed E-state index contributed by atoms with van der Waals surface area (Å²) in [6.07, 6.45) is 3.83. The second-order valence-electron chi connectivity index (χ2n) is 7.43. The predicted molar refractivity (Wildman–Crippen MR) is 92.8 cm³/mol. The maximum absolute atomic E-state index is 3.54. The lowest BCUT2D eigenvalue weighted by atomic mass is 9.75. The summed E-state index contributed by atoms with van der Waals surface area (Å²) in [6, 6.07) is 8.90. The van der Waals surface area contributed by atoms with Gasteiger partial charge < -0.3 is 10.2 Å². The summed E-state index contributed by atoms with van der Waals surface area (Å²) < 4.78 is 0. The van der Waals surface area contributed by atoms with Gasteiger partial charge in [0, 0.05) is 25.3 Å². The molecule has 1 fully saturated rings. The molecule has 1 N–H and O–H groups in total. The molecule has 0 unspecified atom stereocenters. The van der Waals surface area contributed by atoms with Crippen LogP contribution < -0.4 is 10.2 Å². The lowest BCUT2D eigenvalue weighted by molar-refractivity contribution is 0.199. The molecule has 0 spiro atoms. The van der Waals surface area contributed by atoms with Gasteiger partial charge in [0.25, 0.3) is 0 Å². The van der Waals surface area contributed by atoms with Gasteiger partial charge in [-0.1, -0.05) is 45.9 Å². The normalized spacial score (nSPS) is 17.2. The number of hydrogen-bond donors (Lipinski definition) is 1. The van der Waals surface area contributed by atoms with Crippen molar-refractivity contribution in [2.24, 2.45) is 11.3 Å². The molecule has 1 aliphatic heterocycles. The van der Waals surface area contributed by atoms with Crippen molar-refractivity contribution in [2.75, 3.05) is 24.5 Å². The second kappa shape index (κ2) is 7.31. The predicted octanol–water partition coefficient (Wildman–Crippen LogP) is 4.45. The van der Waals surface area contributed by atoms with Crippen LogP contribution in [0.3, 0.4) is 0 Å². The van der Waals surface area contributed by atoms with Crippen LogP contribution in [-0.4, -0.2) is 19.6 Å². The Hall–Kier alpha value is -1.02. The van der Waals surface area contributed by atoms with E-state index in [-0.39, 0.29) is 0 Å². The molecule has 0 aliphatic carbocycles. The molecule has 0 atom stereocenters. The molecule has 1 aromatic carbocycles. The van der Waals surface area contributed by atoms with Gasteiger partial charge in [0.2, 0.25) is 0 Å². The SMILES string of the molecule is CCCNCc1ccccc1N1CCC(C(C)(C)C)CC1. The van der Waals surface area contributed by atoms with Crippen LogP contribution in [0, 0.1) is 11.3 Å². The van der Waals surface area contributed by atoms with Gasteiger partial charge in [-0.2, -0.15) is 0 Å². The van der Waals surface area contributed by atoms with Crippen molar-refractivity contribution < 1.29 is 0 Å². The number of nitrogens with one attached hydrogen (secondary N) is 1. The Morgan fingerprint density at radius 1 is 1.14 bits per heavy atom. The number of benzene rings is 1. The van der Waals surface area contributed by atoms with Crippen molar-refractivity contribution in [3.05, 3.63) is 29.8 Å². The third-order valence-corrected chi connectivity index (χ3v) is 4.79. The van der Waals surface area contributed by atoms with E-state index >= 15 is 0 Å². The average molecular weight is 288 g/mol. The molecule has 0 saturated carbocycles. The summed E-state index contributed by atoms with van der Waals surface area (Å²) in [5.74, 6) is 0.860. The van der Waals surface area contributed by atoms with E-state index in [0.29, 0.717) is 5.41 Å². The molecule has 21 heavy (non-hydrogen) atoms. The Morgan fingerprint density at radius 3 is 2.43 bits per heavy atom. The van der Waals surface area contributed by atoms with E-state index in [2.05, 4.69) is 62.2 Å². The first-order chi connectivity index (χ1) is 10.0. The molecule has 1 heterocycles. The lowest BCUT2D eigenvalue weighted by Gasteiger charge is -2.40. The standard InChI is InChI=1S/C19H32N2/c1-5-12-20-15-16-8-6-7-9-18(16)21-13-10-17(11-14-21)19(2,3)4/h6-9,17,20H,5,10-15H2,1-4H3. The molecular weight excluding hydrogens is 256 g/mol. The van der Waals surface area contributed by atoms with E-state index in [1.165, 1.54) is 43.6 Å². The highest BCUT2D eigenvalue weighted by atomic mass is 15.1. The molecule has 2 nitrogen and oxygen atoms in total. The molecule has 118 valence electrons. The number of hydrogen-bond acceptors (Lipinski definition) is 2. The van der Waals surface area contributed by atoms with Crippen molar-refractivity contribution in [3.63, 3.8) is 0 Å². The van der Waals surface area contributed by atoms with Crippen LogP contribution in [0.1, 0.15) is 52.5 Å². The van der Waals surface area contributed by atoms with Gasteiger partial charge in [-0.05, 0) is 48.8 Å². The van der Waals surface area contributed by atoms with Crippen molar-refractivity contribution >= 4 is 5.69 Å². The number of rotatable bonds is 5. The fourth-order valence-electron chi connectivity index (χ4n) is 3.36. The highest BCUT2D eigenvalue weighted by Gasteiger charge is 2.29. The van der Waals surface area contributed by atoms with Gasteiger partial charge in [0.1, 0.15) is 0 Å². The molecule has 0 bridgehead atoms. The van der Waals surface area contributed by atoms with Gasteiger partial charge in [-0.25, -0.2) is 0 Å². The topological polar surface area (TPSA) is 15.3 Å². The zero-order chi connectivity index (χ0) is 15.3. The molecule has 0 radical (unpaired) electrons. The fourth-order valence-corrected chi connectivity index (χ4v) is 3.36. The molecular formula is C19H32N2. The molecule has 1 aromatic rings. The Balaban J connectivity index is 1.99. The maximum atomic E-state index is 3.54. The van der Waals surface area contributed by atoms with Crippen LogP contribution in [0.25, 0.3) is 0 Å². The third-order valence-electron chi connectivity index (χ3n) is 4.79. The minimum atomic E-state index is 0.453.